The minimum Gasteiger partial charge on any atom is -0.478 e. The molecule has 3 rings (SSSR count). The summed E-state index contributed by atoms with van der Waals surface area (Å²) in [5, 5.41) is 10.1. The predicted molar refractivity (Wildman–Crippen MR) is 77.4 cm³/mol. The Labute approximate surface area is 119 Å². The molecular formula is C16H20N2O2. The molecule has 0 amide bonds. The van der Waals surface area contributed by atoms with E-state index in [-0.39, 0.29) is 6.10 Å². The van der Waals surface area contributed by atoms with Crippen LogP contribution in [0.1, 0.15) is 42.8 Å². The van der Waals surface area contributed by atoms with Gasteiger partial charge in [-0.15, -0.1) is 0 Å². The van der Waals surface area contributed by atoms with Crippen LogP contribution in [0.2, 0.25) is 0 Å². The van der Waals surface area contributed by atoms with Gasteiger partial charge in [0.05, 0.1) is 24.6 Å². The highest BCUT2D eigenvalue weighted by molar-refractivity contribution is 5.42. The minimum atomic E-state index is -0.325. The molecule has 0 spiro atoms. The molecule has 0 bridgehead atoms. The number of aryl methyl sites for hydroxylation is 1. The van der Waals surface area contributed by atoms with Crippen molar-refractivity contribution in [3.8, 4) is 11.6 Å². The summed E-state index contributed by atoms with van der Waals surface area (Å²) < 4.78 is 7.57. The van der Waals surface area contributed by atoms with Crippen LogP contribution in [0.15, 0.2) is 24.4 Å². The van der Waals surface area contributed by atoms with Crippen molar-refractivity contribution in [1.29, 1.82) is 0 Å². The average molecular weight is 272 g/mol. The van der Waals surface area contributed by atoms with Crippen molar-refractivity contribution < 1.29 is 9.84 Å². The van der Waals surface area contributed by atoms with E-state index in [1.54, 1.807) is 0 Å². The first-order valence-corrected chi connectivity index (χ1v) is 7.19. The fourth-order valence-electron chi connectivity index (χ4n) is 2.98. The number of hydrogen-bond acceptors (Lipinski definition) is 3. The zero-order chi connectivity index (χ0) is 14.1. The molecule has 106 valence electrons. The minimum absolute atomic E-state index is 0.325. The highest BCUT2D eigenvalue weighted by atomic mass is 16.5. The molecule has 0 saturated carbocycles. The normalized spacial score (nSPS) is 17.9. The van der Waals surface area contributed by atoms with Gasteiger partial charge in [-0.1, -0.05) is 0 Å². The SMILES string of the molecule is CCOc1ccc(-n2c(C)cc3c2CCCC3O)cn1. The van der Waals surface area contributed by atoms with Gasteiger partial charge >= 0.3 is 0 Å². The lowest BCUT2D eigenvalue weighted by Gasteiger charge is -2.20. The van der Waals surface area contributed by atoms with E-state index in [9.17, 15) is 5.11 Å². The van der Waals surface area contributed by atoms with E-state index in [1.807, 2.05) is 25.3 Å². The lowest BCUT2D eigenvalue weighted by Crippen LogP contribution is -2.11. The Balaban J connectivity index is 2.01. The van der Waals surface area contributed by atoms with Crippen LogP contribution in [0.25, 0.3) is 5.69 Å². The molecule has 0 aliphatic heterocycles. The molecule has 4 heteroatoms. The molecule has 0 fully saturated rings. The lowest BCUT2D eigenvalue weighted by atomic mass is 9.95. The third kappa shape index (κ3) is 2.20. The van der Waals surface area contributed by atoms with E-state index in [4.69, 9.17) is 4.74 Å². The maximum atomic E-state index is 10.1. The summed E-state index contributed by atoms with van der Waals surface area (Å²) in [5.74, 6) is 0.648. The van der Waals surface area contributed by atoms with Crippen molar-refractivity contribution in [2.45, 2.75) is 39.2 Å². The zero-order valence-corrected chi connectivity index (χ0v) is 12.0. The standard InChI is InChI=1S/C16H20N2O2/c1-3-20-16-8-7-12(10-17-16)18-11(2)9-13-14(18)5-4-6-15(13)19/h7-10,15,19H,3-6H2,1-2H3. The van der Waals surface area contributed by atoms with Crippen LogP contribution in [0.5, 0.6) is 5.88 Å². The van der Waals surface area contributed by atoms with Crippen LogP contribution in [0.3, 0.4) is 0 Å². The Hall–Kier alpha value is -1.81. The molecule has 1 N–H and O–H groups in total. The number of pyridine rings is 1. The maximum absolute atomic E-state index is 10.1. The van der Waals surface area contributed by atoms with Gasteiger partial charge in [0, 0.05) is 23.0 Å². The first kappa shape index (κ1) is 13.2. The molecule has 0 aromatic carbocycles. The van der Waals surface area contributed by atoms with Gasteiger partial charge in [0.25, 0.3) is 0 Å². The second-order valence-electron chi connectivity index (χ2n) is 5.22. The number of nitrogens with zero attached hydrogens (tertiary/aromatic N) is 2. The van der Waals surface area contributed by atoms with Crippen LogP contribution < -0.4 is 4.74 Å². The second-order valence-corrected chi connectivity index (χ2v) is 5.22. The van der Waals surface area contributed by atoms with Crippen LogP contribution in [-0.4, -0.2) is 21.3 Å². The molecule has 0 radical (unpaired) electrons. The zero-order valence-electron chi connectivity index (χ0n) is 12.0. The fraction of sp³-hybridized carbons (Fsp3) is 0.438. The number of aliphatic hydroxyl groups is 1. The Morgan fingerprint density at radius 3 is 3.00 bits per heavy atom. The number of ether oxygens (including phenoxy) is 1. The molecule has 2 heterocycles. The number of aromatic nitrogens is 2. The summed E-state index contributed by atoms with van der Waals surface area (Å²) in [7, 11) is 0. The van der Waals surface area contributed by atoms with Gasteiger partial charge in [0.15, 0.2) is 0 Å². The Morgan fingerprint density at radius 2 is 2.30 bits per heavy atom. The number of aliphatic hydroxyl groups excluding tert-OH is 1. The quantitative estimate of drug-likeness (QED) is 0.934. The van der Waals surface area contributed by atoms with Gasteiger partial charge in [0.2, 0.25) is 5.88 Å². The topological polar surface area (TPSA) is 47.3 Å². The molecule has 2 aromatic rings. The van der Waals surface area contributed by atoms with Gasteiger partial charge in [-0.3, -0.25) is 0 Å². The van der Waals surface area contributed by atoms with E-state index in [1.165, 1.54) is 5.69 Å². The monoisotopic (exact) mass is 272 g/mol. The molecule has 20 heavy (non-hydrogen) atoms. The number of rotatable bonds is 3. The van der Waals surface area contributed by atoms with E-state index in [0.717, 1.165) is 36.2 Å². The number of hydrogen-bond donors (Lipinski definition) is 1. The van der Waals surface area contributed by atoms with Crippen LogP contribution in [0, 0.1) is 6.92 Å². The molecular weight excluding hydrogens is 252 g/mol. The van der Waals surface area contributed by atoms with Gasteiger partial charge in [0.1, 0.15) is 0 Å². The van der Waals surface area contributed by atoms with E-state index in [2.05, 4.69) is 22.5 Å². The summed E-state index contributed by atoms with van der Waals surface area (Å²) in [6.45, 7) is 4.64. The van der Waals surface area contributed by atoms with Gasteiger partial charge in [-0.05, 0) is 45.2 Å². The maximum Gasteiger partial charge on any atom is 0.213 e. The molecule has 1 unspecified atom stereocenters. The highest BCUT2D eigenvalue weighted by Gasteiger charge is 2.23. The lowest BCUT2D eigenvalue weighted by molar-refractivity contribution is 0.156. The van der Waals surface area contributed by atoms with Crippen molar-refractivity contribution in [3.05, 3.63) is 41.3 Å². The van der Waals surface area contributed by atoms with E-state index in [0.29, 0.717) is 12.5 Å². The molecule has 1 aliphatic carbocycles. The summed E-state index contributed by atoms with van der Waals surface area (Å²) in [5.41, 5.74) is 4.46. The molecule has 0 saturated heterocycles. The van der Waals surface area contributed by atoms with E-state index >= 15 is 0 Å². The molecule has 4 nitrogen and oxygen atoms in total. The first-order chi connectivity index (χ1) is 9.70. The second kappa shape index (κ2) is 5.29. The van der Waals surface area contributed by atoms with Gasteiger partial charge in [-0.25, -0.2) is 4.98 Å². The molecule has 1 atom stereocenters. The average Bonchev–Trinajstić information content (AvgIpc) is 2.78. The Kier molecular flexibility index (Phi) is 3.49. The fourth-order valence-corrected chi connectivity index (χ4v) is 2.98. The molecule has 2 aromatic heterocycles. The van der Waals surface area contributed by atoms with Crippen LogP contribution in [0.4, 0.5) is 0 Å². The van der Waals surface area contributed by atoms with Crippen molar-refractivity contribution in [2.24, 2.45) is 0 Å². The van der Waals surface area contributed by atoms with Gasteiger partial charge < -0.3 is 14.4 Å². The van der Waals surface area contributed by atoms with Crippen LogP contribution in [-0.2, 0) is 6.42 Å². The summed E-state index contributed by atoms with van der Waals surface area (Å²) >= 11 is 0. The summed E-state index contributed by atoms with van der Waals surface area (Å²) in [4.78, 5) is 4.33. The smallest absolute Gasteiger partial charge is 0.213 e. The highest BCUT2D eigenvalue weighted by Crippen LogP contribution is 2.33. The van der Waals surface area contributed by atoms with Crippen LogP contribution >= 0.6 is 0 Å². The summed E-state index contributed by atoms with van der Waals surface area (Å²) in [6, 6.07) is 6.01. The van der Waals surface area contributed by atoms with Crippen molar-refractivity contribution in [2.75, 3.05) is 6.61 Å². The van der Waals surface area contributed by atoms with Crippen molar-refractivity contribution in [1.82, 2.24) is 9.55 Å². The predicted octanol–water partition coefficient (Wildman–Crippen LogP) is 2.95. The van der Waals surface area contributed by atoms with Crippen molar-refractivity contribution >= 4 is 0 Å². The first-order valence-electron chi connectivity index (χ1n) is 7.19. The molecule has 1 aliphatic rings. The third-order valence-electron chi connectivity index (χ3n) is 3.84. The van der Waals surface area contributed by atoms with E-state index < -0.39 is 0 Å². The largest absolute Gasteiger partial charge is 0.478 e. The van der Waals surface area contributed by atoms with Gasteiger partial charge in [-0.2, -0.15) is 0 Å². The summed E-state index contributed by atoms with van der Waals surface area (Å²) in [6.07, 6.45) is 4.40. The Bertz CT molecular complexity index is 602. The van der Waals surface area contributed by atoms with Crippen molar-refractivity contribution in [3.63, 3.8) is 0 Å². The number of fused-ring (bicyclic) bond motifs is 1. The third-order valence-corrected chi connectivity index (χ3v) is 3.84. The Morgan fingerprint density at radius 1 is 1.45 bits per heavy atom.